The Labute approximate surface area is 88.1 Å². The molecule has 0 spiro atoms. The summed E-state index contributed by atoms with van der Waals surface area (Å²) in [6, 6.07) is 0.436. The highest BCUT2D eigenvalue weighted by Gasteiger charge is 2.26. The van der Waals surface area contributed by atoms with Gasteiger partial charge in [-0.15, -0.1) is 0 Å². The number of alkyl halides is 2. The number of halogens is 2. The molecule has 2 N–H and O–H groups in total. The molecule has 1 rings (SSSR count). The number of nitrogens with zero attached hydrogens (tertiary/aromatic N) is 2. The molecule has 0 radical (unpaired) electrons. The summed E-state index contributed by atoms with van der Waals surface area (Å²) in [5, 5.41) is 15.0. The number of nitrogens with two attached hydrogens (primary N) is 1. The molecule has 1 aromatic rings. The molecule has 1 heterocycles. The Morgan fingerprint density at radius 1 is 1.50 bits per heavy atom. The first-order valence-electron chi connectivity index (χ1n) is 3.68. The minimum atomic E-state index is -4.47. The number of hydrogen-bond acceptors (Lipinski definition) is 5. The maximum Gasteiger partial charge on any atom is 0.383 e. The summed E-state index contributed by atoms with van der Waals surface area (Å²) < 4.78 is 46.3. The zero-order valence-electron chi connectivity index (χ0n) is 7.50. The fraction of sp³-hybridized carbons (Fsp3) is 0.167. The third kappa shape index (κ3) is 2.46. The third-order valence-corrected chi connectivity index (χ3v) is 2.50. The normalized spacial score (nSPS) is 11.8. The van der Waals surface area contributed by atoms with Crippen LogP contribution in [0.3, 0.4) is 0 Å². The summed E-state index contributed by atoms with van der Waals surface area (Å²) in [6.45, 7) is 0. The van der Waals surface area contributed by atoms with Crippen LogP contribution in [0.1, 0.15) is 12.0 Å². The first kappa shape index (κ1) is 12.4. The third-order valence-electron chi connectivity index (χ3n) is 1.59. The van der Waals surface area contributed by atoms with Crippen LogP contribution in [0, 0.1) is 10.1 Å². The summed E-state index contributed by atoms with van der Waals surface area (Å²) in [5.41, 5.74) is -0.755. The molecule has 10 heteroatoms. The van der Waals surface area contributed by atoms with Gasteiger partial charge in [0, 0.05) is 0 Å². The largest absolute Gasteiger partial charge is 0.383 e. The van der Waals surface area contributed by atoms with E-state index >= 15 is 0 Å². The van der Waals surface area contributed by atoms with Gasteiger partial charge < -0.3 is 10.1 Å². The molecule has 0 unspecified atom stereocenters. The molecule has 0 saturated heterocycles. The zero-order valence-corrected chi connectivity index (χ0v) is 8.32. The van der Waals surface area contributed by atoms with Crippen LogP contribution in [-0.2, 0) is 10.0 Å². The zero-order chi connectivity index (χ0) is 12.5. The molecule has 0 aromatic carbocycles. The fourth-order valence-electron chi connectivity index (χ4n) is 0.918. The fourth-order valence-corrected chi connectivity index (χ4v) is 1.60. The van der Waals surface area contributed by atoms with Crippen molar-refractivity contribution in [1.82, 2.24) is 4.98 Å². The average molecular weight is 253 g/mol. The SMILES string of the molecule is NS(=O)(=O)c1cc(C(F)F)cnc1[N+](=O)[O-]. The minimum Gasteiger partial charge on any atom is -0.358 e. The summed E-state index contributed by atoms with van der Waals surface area (Å²) in [7, 11) is -4.47. The molecule has 16 heavy (non-hydrogen) atoms. The number of hydrogen-bond donors (Lipinski definition) is 1. The van der Waals surface area contributed by atoms with Gasteiger partial charge in [0.05, 0.1) is 5.56 Å². The average Bonchev–Trinajstić information content (AvgIpc) is 2.15. The second-order valence-electron chi connectivity index (χ2n) is 2.69. The number of pyridine rings is 1. The van der Waals surface area contributed by atoms with Crippen LogP contribution in [-0.4, -0.2) is 18.3 Å². The van der Waals surface area contributed by atoms with E-state index in [9.17, 15) is 27.3 Å². The first-order chi connectivity index (χ1) is 7.23. The molecule has 0 saturated carbocycles. The van der Waals surface area contributed by atoms with Crippen molar-refractivity contribution in [1.29, 1.82) is 0 Å². The lowest BCUT2D eigenvalue weighted by Crippen LogP contribution is -2.15. The van der Waals surface area contributed by atoms with Crippen LogP contribution < -0.4 is 5.14 Å². The van der Waals surface area contributed by atoms with Crippen molar-refractivity contribution in [2.45, 2.75) is 11.3 Å². The monoisotopic (exact) mass is 253 g/mol. The van der Waals surface area contributed by atoms with Crippen molar-refractivity contribution in [3.63, 3.8) is 0 Å². The molecule has 0 bridgehead atoms. The molecule has 1 aromatic heterocycles. The van der Waals surface area contributed by atoms with Crippen molar-refractivity contribution in [3.05, 3.63) is 27.9 Å². The van der Waals surface area contributed by atoms with Gasteiger partial charge in [-0.3, -0.25) is 0 Å². The quantitative estimate of drug-likeness (QED) is 0.624. The van der Waals surface area contributed by atoms with Crippen LogP contribution in [0.15, 0.2) is 17.2 Å². The standard InChI is InChI=1S/C6H5F2N3O4S/c7-5(8)3-1-4(16(9,14)15)6(10-2-3)11(12)13/h1-2,5H,(H2,9,14,15). The minimum absolute atomic E-state index is 0.436. The van der Waals surface area contributed by atoms with Gasteiger partial charge in [-0.05, 0) is 16.0 Å². The lowest BCUT2D eigenvalue weighted by Gasteiger charge is -2.02. The Bertz CT molecular complexity index is 531. The Kier molecular flexibility index (Phi) is 3.14. The van der Waals surface area contributed by atoms with E-state index in [4.69, 9.17) is 0 Å². The van der Waals surface area contributed by atoms with E-state index in [0.29, 0.717) is 12.3 Å². The summed E-state index contributed by atoms with van der Waals surface area (Å²) in [5.74, 6) is -1.08. The van der Waals surface area contributed by atoms with Crippen molar-refractivity contribution < 1.29 is 22.1 Å². The van der Waals surface area contributed by atoms with E-state index in [2.05, 4.69) is 10.1 Å². The highest BCUT2D eigenvalue weighted by Crippen LogP contribution is 2.25. The van der Waals surface area contributed by atoms with Gasteiger partial charge in [0.2, 0.25) is 10.0 Å². The van der Waals surface area contributed by atoms with Crippen LogP contribution in [0.25, 0.3) is 0 Å². The highest BCUT2D eigenvalue weighted by atomic mass is 32.2. The van der Waals surface area contributed by atoms with Crippen molar-refractivity contribution >= 4 is 15.8 Å². The Morgan fingerprint density at radius 2 is 2.06 bits per heavy atom. The van der Waals surface area contributed by atoms with Gasteiger partial charge in [0.15, 0.2) is 4.90 Å². The Morgan fingerprint density at radius 3 is 2.44 bits per heavy atom. The van der Waals surface area contributed by atoms with E-state index in [1.807, 2.05) is 0 Å². The lowest BCUT2D eigenvalue weighted by atomic mass is 10.3. The van der Waals surface area contributed by atoms with Gasteiger partial charge in [0.25, 0.3) is 6.43 Å². The Balaban J connectivity index is 3.51. The summed E-state index contributed by atoms with van der Waals surface area (Å²) >= 11 is 0. The van der Waals surface area contributed by atoms with Crippen LogP contribution in [0.2, 0.25) is 0 Å². The summed E-state index contributed by atoms with van der Waals surface area (Å²) in [6.07, 6.45) is -2.47. The molecule has 0 amide bonds. The molecule has 0 aliphatic rings. The topological polar surface area (TPSA) is 116 Å². The molecule has 0 aliphatic carbocycles. The number of aromatic nitrogens is 1. The lowest BCUT2D eigenvalue weighted by molar-refractivity contribution is -0.392. The van der Waals surface area contributed by atoms with E-state index in [-0.39, 0.29) is 0 Å². The number of primary sulfonamides is 1. The molecule has 7 nitrogen and oxygen atoms in total. The second kappa shape index (κ2) is 4.06. The number of nitro groups is 1. The predicted octanol–water partition coefficient (Wildman–Crippen LogP) is 0.575. The predicted molar refractivity (Wildman–Crippen MR) is 47.2 cm³/mol. The van der Waals surface area contributed by atoms with E-state index in [1.165, 1.54) is 0 Å². The highest BCUT2D eigenvalue weighted by molar-refractivity contribution is 7.89. The maximum absolute atomic E-state index is 12.2. The van der Waals surface area contributed by atoms with Crippen molar-refractivity contribution in [2.75, 3.05) is 0 Å². The maximum atomic E-state index is 12.2. The van der Waals surface area contributed by atoms with E-state index in [1.54, 1.807) is 0 Å². The van der Waals surface area contributed by atoms with Gasteiger partial charge in [0.1, 0.15) is 6.20 Å². The van der Waals surface area contributed by atoms with Gasteiger partial charge >= 0.3 is 5.82 Å². The molecular formula is C6H5F2N3O4S. The molecule has 0 fully saturated rings. The second-order valence-corrected chi connectivity index (χ2v) is 4.22. The van der Waals surface area contributed by atoms with Crippen LogP contribution >= 0.6 is 0 Å². The molecule has 0 aliphatic heterocycles. The number of sulfonamides is 1. The number of rotatable bonds is 3. The van der Waals surface area contributed by atoms with E-state index in [0.717, 1.165) is 0 Å². The van der Waals surface area contributed by atoms with Crippen molar-refractivity contribution in [2.24, 2.45) is 5.14 Å². The summed E-state index contributed by atoms with van der Waals surface area (Å²) in [4.78, 5) is 11.3. The van der Waals surface area contributed by atoms with E-state index < -0.39 is 37.6 Å². The first-order valence-corrected chi connectivity index (χ1v) is 5.23. The molecule has 88 valence electrons. The van der Waals surface area contributed by atoms with Crippen LogP contribution in [0.4, 0.5) is 14.6 Å². The van der Waals surface area contributed by atoms with Gasteiger partial charge in [-0.1, -0.05) is 0 Å². The molecular weight excluding hydrogens is 248 g/mol. The van der Waals surface area contributed by atoms with Crippen molar-refractivity contribution in [3.8, 4) is 0 Å². The van der Waals surface area contributed by atoms with Gasteiger partial charge in [-0.2, -0.15) is 0 Å². The molecule has 0 atom stereocenters. The van der Waals surface area contributed by atoms with Crippen LogP contribution in [0.5, 0.6) is 0 Å². The Hall–Kier alpha value is -1.68. The van der Waals surface area contributed by atoms with Gasteiger partial charge in [-0.25, -0.2) is 22.3 Å². The smallest absolute Gasteiger partial charge is 0.358 e.